The summed E-state index contributed by atoms with van der Waals surface area (Å²) in [5.74, 6) is 1.73. The van der Waals surface area contributed by atoms with Crippen LogP contribution in [0.25, 0.3) is 0 Å². The number of amides is 1. The number of likely N-dealkylation sites (tertiary alicyclic amines) is 2. The summed E-state index contributed by atoms with van der Waals surface area (Å²) < 4.78 is 0. The van der Waals surface area contributed by atoms with Crippen LogP contribution in [-0.4, -0.2) is 54.2 Å². The van der Waals surface area contributed by atoms with E-state index in [-0.39, 0.29) is 44.4 Å². The third kappa shape index (κ3) is 5.71. The zero-order valence-electron chi connectivity index (χ0n) is 16.1. The number of rotatable bonds is 4. The monoisotopic (exact) mass is 431 g/mol. The normalized spacial score (nSPS) is 19.8. The van der Waals surface area contributed by atoms with Gasteiger partial charge in [0.05, 0.1) is 0 Å². The molecule has 4 nitrogen and oxygen atoms in total. The molecule has 2 fully saturated rings. The van der Waals surface area contributed by atoms with Crippen LogP contribution in [0, 0.1) is 11.8 Å². The average Bonchev–Trinajstić information content (AvgIpc) is 2.64. The molecule has 0 spiro atoms. The van der Waals surface area contributed by atoms with Crippen LogP contribution in [0.4, 0.5) is 0 Å². The quantitative estimate of drug-likeness (QED) is 0.686. The van der Waals surface area contributed by atoms with Gasteiger partial charge in [0.1, 0.15) is 0 Å². The molecule has 0 unspecified atom stereocenters. The largest absolute Gasteiger partial charge is 0.339 e. The van der Waals surface area contributed by atoms with E-state index in [9.17, 15) is 9.59 Å². The fourth-order valence-electron chi connectivity index (χ4n) is 3.96. The Morgan fingerprint density at radius 1 is 0.923 bits per heavy atom. The van der Waals surface area contributed by atoms with Crippen LogP contribution >= 0.6 is 0 Å². The second-order valence-electron chi connectivity index (χ2n) is 7.85. The molecule has 3 rings (SSSR count). The van der Waals surface area contributed by atoms with Gasteiger partial charge < -0.3 is 9.80 Å². The Balaban J connectivity index is 0.00000243. The Labute approximate surface area is 182 Å². The van der Waals surface area contributed by atoms with Gasteiger partial charge in [0.15, 0.2) is 5.78 Å². The van der Waals surface area contributed by atoms with Gasteiger partial charge in [-0.15, -0.1) is 0 Å². The second-order valence-corrected chi connectivity index (χ2v) is 7.85. The van der Waals surface area contributed by atoms with E-state index >= 15 is 0 Å². The number of Topliss-reactive ketones (excluding diaryl/α,β-unsaturated/α-hetero) is 1. The fourth-order valence-corrected chi connectivity index (χ4v) is 3.96. The van der Waals surface area contributed by atoms with Gasteiger partial charge in [-0.05, 0) is 69.7 Å². The van der Waals surface area contributed by atoms with Gasteiger partial charge in [0.2, 0.25) is 0 Å². The second kappa shape index (κ2) is 10.1. The summed E-state index contributed by atoms with van der Waals surface area (Å²) in [6, 6.07) is 7.06. The smallest absolute Gasteiger partial charge is 0.253 e. The first kappa shape index (κ1) is 21.7. The Kier molecular flexibility index (Phi) is 8.44. The maximum Gasteiger partial charge on any atom is 0.253 e. The van der Waals surface area contributed by atoms with Crippen LogP contribution in [0.3, 0.4) is 0 Å². The van der Waals surface area contributed by atoms with E-state index in [1.54, 1.807) is 31.2 Å². The molecule has 1 radical (unpaired) electrons. The zero-order chi connectivity index (χ0) is 17.8. The van der Waals surface area contributed by atoms with Gasteiger partial charge in [-0.25, -0.2) is 0 Å². The summed E-state index contributed by atoms with van der Waals surface area (Å²) >= 11 is 0. The van der Waals surface area contributed by atoms with E-state index in [0.717, 1.165) is 37.8 Å². The zero-order valence-corrected chi connectivity index (χ0v) is 19.0. The van der Waals surface area contributed by atoms with Crippen LogP contribution in [0.2, 0.25) is 0 Å². The molecule has 1 amide bonds. The summed E-state index contributed by atoms with van der Waals surface area (Å²) in [5, 5.41) is 0. The molecule has 2 aliphatic heterocycles. The molecule has 0 bridgehead atoms. The van der Waals surface area contributed by atoms with Gasteiger partial charge in [-0.3, -0.25) is 9.59 Å². The van der Waals surface area contributed by atoms with Crippen molar-refractivity contribution in [3.8, 4) is 0 Å². The average molecular weight is 431 g/mol. The van der Waals surface area contributed by atoms with Gasteiger partial charge in [0, 0.05) is 63.5 Å². The van der Waals surface area contributed by atoms with Crippen molar-refractivity contribution in [3.05, 3.63) is 35.4 Å². The summed E-state index contributed by atoms with van der Waals surface area (Å²) in [7, 11) is 0. The minimum Gasteiger partial charge on any atom is -0.339 e. The van der Waals surface area contributed by atoms with E-state index in [4.69, 9.17) is 0 Å². The van der Waals surface area contributed by atoms with Crippen molar-refractivity contribution >= 4 is 11.7 Å². The fraction of sp³-hybridized carbons (Fsp3) is 0.619. The maximum atomic E-state index is 12.6. The van der Waals surface area contributed by atoms with E-state index in [1.165, 1.54) is 32.5 Å². The van der Waals surface area contributed by atoms with Crippen molar-refractivity contribution in [1.29, 1.82) is 0 Å². The predicted molar refractivity (Wildman–Crippen MR) is 99.9 cm³/mol. The molecule has 1 aromatic rings. The number of benzene rings is 1. The Morgan fingerprint density at radius 2 is 1.46 bits per heavy atom. The SMILES string of the molecule is CC(=O)c1ccc(C(=O)N2CCC(CN3CCC(C)CC3)CC2)cc1.[Y]. The Morgan fingerprint density at radius 3 is 2.00 bits per heavy atom. The van der Waals surface area contributed by atoms with E-state index in [0.29, 0.717) is 11.1 Å². The van der Waals surface area contributed by atoms with E-state index in [2.05, 4.69) is 11.8 Å². The molecule has 0 aromatic heterocycles. The number of piperidine rings is 2. The van der Waals surface area contributed by atoms with Crippen molar-refractivity contribution in [2.45, 2.75) is 39.5 Å². The first-order valence-electron chi connectivity index (χ1n) is 9.65. The summed E-state index contributed by atoms with van der Waals surface area (Å²) in [6.45, 7) is 9.27. The van der Waals surface area contributed by atoms with Crippen LogP contribution in [0.1, 0.15) is 60.2 Å². The molecule has 1 aromatic carbocycles. The van der Waals surface area contributed by atoms with Crippen LogP contribution in [-0.2, 0) is 32.7 Å². The van der Waals surface area contributed by atoms with Crippen LogP contribution in [0.5, 0.6) is 0 Å². The molecule has 2 saturated heterocycles. The molecule has 5 heteroatoms. The Hall–Kier alpha value is -0.576. The van der Waals surface area contributed by atoms with Gasteiger partial charge in [-0.2, -0.15) is 0 Å². The minimum absolute atomic E-state index is 0. The number of hydrogen-bond donors (Lipinski definition) is 0. The van der Waals surface area contributed by atoms with Crippen molar-refractivity contribution in [2.24, 2.45) is 11.8 Å². The molecule has 139 valence electrons. The van der Waals surface area contributed by atoms with E-state index < -0.39 is 0 Å². The maximum absolute atomic E-state index is 12.6. The number of ketones is 1. The topological polar surface area (TPSA) is 40.6 Å². The third-order valence-electron chi connectivity index (χ3n) is 5.83. The summed E-state index contributed by atoms with van der Waals surface area (Å²) in [5.41, 5.74) is 1.35. The molecular formula is C21H30N2O2Y. The van der Waals surface area contributed by atoms with Gasteiger partial charge >= 0.3 is 0 Å². The third-order valence-corrected chi connectivity index (χ3v) is 5.83. The molecule has 0 aliphatic carbocycles. The van der Waals surface area contributed by atoms with Crippen molar-refractivity contribution in [2.75, 3.05) is 32.7 Å². The number of nitrogens with zero attached hydrogens (tertiary/aromatic N) is 2. The van der Waals surface area contributed by atoms with E-state index in [1.807, 2.05) is 4.90 Å². The van der Waals surface area contributed by atoms with Crippen molar-refractivity contribution < 1.29 is 42.3 Å². The first-order valence-corrected chi connectivity index (χ1v) is 9.65. The molecular weight excluding hydrogens is 401 g/mol. The minimum atomic E-state index is 0. The molecule has 2 heterocycles. The van der Waals surface area contributed by atoms with Crippen molar-refractivity contribution in [1.82, 2.24) is 9.80 Å². The summed E-state index contributed by atoms with van der Waals surface area (Å²) in [6.07, 6.45) is 4.85. The van der Waals surface area contributed by atoms with Gasteiger partial charge in [-0.1, -0.05) is 19.1 Å². The molecule has 26 heavy (non-hydrogen) atoms. The number of hydrogen-bond acceptors (Lipinski definition) is 3. The molecule has 0 N–H and O–H groups in total. The van der Waals surface area contributed by atoms with Crippen LogP contribution < -0.4 is 0 Å². The molecule has 0 saturated carbocycles. The summed E-state index contributed by atoms with van der Waals surface area (Å²) in [4.78, 5) is 28.6. The standard InChI is InChI=1S/C21H30N2O2.Y/c1-16-7-11-22(12-8-16)15-18-9-13-23(14-10-18)21(25)20-5-3-19(4-6-20)17(2)24;/h3-6,16,18H,7-15H2,1-2H3;. The molecule has 0 atom stereocenters. The Bertz CT molecular complexity index is 601. The van der Waals surface area contributed by atoms with Crippen molar-refractivity contribution in [3.63, 3.8) is 0 Å². The first-order chi connectivity index (χ1) is 12.0. The van der Waals surface area contributed by atoms with Gasteiger partial charge in [0.25, 0.3) is 5.91 Å². The molecule has 2 aliphatic rings. The number of carbonyl (C=O) groups is 2. The number of carbonyl (C=O) groups excluding carboxylic acids is 2. The van der Waals surface area contributed by atoms with Crippen LogP contribution in [0.15, 0.2) is 24.3 Å². The predicted octanol–water partition coefficient (Wildman–Crippen LogP) is 3.47.